The van der Waals surface area contributed by atoms with Crippen LogP contribution in [-0.2, 0) is 4.79 Å². The molecule has 0 spiro atoms. The van der Waals surface area contributed by atoms with Gasteiger partial charge in [0.2, 0.25) is 0 Å². The van der Waals surface area contributed by atoms with Crippen molar-refractivity contribution in [1.82, 2.24) is 5.32 Å². The minimum Gasteiger partial charge on any atom is -0.486 e. The normalized spacial score (nSPS) is 14.9. The van der Waals surface area contributed by atoms with Gasteiger partial charge in [-0.3, -0.25) is 4.79 Å². The lowest BCUT2D eigenvalue weighted by Gasteiger charge is -2.26. The van der Waals surface area contributed by atoms with Crippen LogP contribution in [0.1, 0.15) is 0 Å². The highest BCUT2D eigenvalue weighted by Crippen LogP contribution is 2.31. The van der Waals surface area contributed by atoms with E-state index >= 15 is 0 Å². The number of halogens is 1. The van der Waals surface area contributed by atoms with Crippen molar-refractivity contribution < 1.29 is 19.0 Å². The number of carbonyl (C=O) groups is 1. The lowest BCUT2D eigenvalue weighted by molar-refractivity contribution is -0.123. The summed E-state index contributed by atoms with van der Waals surface area (Å²) in [5, 5.41) is 3.26. The molecule has 3 aromatic rings. The second-order valence-corrected chi connectivity index (χ2v) is 7.01. The highest BCUT2D eigenvalue weighted by atomic mass is 35.5. The fourth-order valence-electron chi connectivity index (χ4n) is 3.01. The van der Waals surface area contributed by atoms with E-state index < -0.39 is 0 Å². The van der Waals surface area contributed by atoms with E-state index in [9.17, 15) is 4.79 Å². The first-order valence-electron chi connectivity index (χ1n) is 9.32. The van der Waals surface area contributed by atoms with Gasteiger partial charge in [-0.25, -0.2) is 0 Å². The van der Waals surface area contributed by atoms with E-state index in [1.54, 1.807) is 6.07 Å². The SMILES string of the molecule is O=C(COc1ccc(-c2ccccc2)cc1Cl)NC[C@@H]1COc2ccccc2O1. The van der Waals surface area contributed by atoms with Gasteiger partial charge < -0.3 is 19.5 Å². The topological polar surface area (TPSA) is 56.8 Å². The second kappa shape index (κ2) is 8.88. The van der Waals surface area contributed by atoms with E-state index in [1.807, 2.05) is 66.7 Å². The maximum absolute atomic E-state index is 12.1. The van der Waals surface area contributed by atoms with Gasteiger partial charge in [0.1, 0.15) is 18.5 Å². The zero-order valence-corrected chi connectivity index (χ0v) is 16.4. The number of fused-ring (bicyclic) bond motifs is 1. The van der Waals surface area contributed by atoms with E-state index in [2.05, 4.69) is 5.32 Å². The standard InChI is InChI=1S/C23H20ClNO4/c24-19-12-17(16-6-2-1-3-7-16)10-11-20(19)28-15-23(26)25-13-18-14-27-21-8-4-5-9-22(21)29-18/h1-12,18H,13-15H2,(H,25,26)/t18-/m1/s1. The van der Waals surface area contributed by atoms with Crippen LogP contribution < -0.4 is 19.5 Å². The van der Waals surface area contributed by atoms with Crippen LogP contribution in [0.2, 0.25) is 5.02 Å². The molecule has 1 aliphatic heterocycles. The molecule has 6 heteroatoms. The highest BCUT2D eigenvalue weighted by Gasteiger charge is 2.21. The van der Waals surface area contributed by atoms with E-state index in [-0.39, 0.29) is 18.6 Å². The Balaban J connectivity index is 1.27. The summed E-state index contributed by atoms with van der Waals surface area (Å²) in [5.41, 5.74) is 2.05. The molecule has 1 aliphatic rings. The van der Waals surface area contributed by atoms with Gasteiger partial charge in [-0.15, -0.1) is 0 Å². The summed E-state index contributed by atoms with van der Waals surface area (Å²) >= 11 is 6.32. The van der Waals surface area contributed by atoms with Gasteiger partial charge in [-0.2, -0.15) is 0 Å². The van der Waals surface area contributed by atoms with Crippen molar-refractivity contribution in [3.63, 3.8) is 0 Å². The molecule has 0 unspecified atom stereocenters. The minimum atomic E-state index is -0.254. The summed E-state index contributed by atoms with van der Waals surface area (Å²) in [6.07, 6.45) is -0.248. The van der Waals surface area contributed by atoms with E-state index in [0.29, 0.717) is 35.4 Å². The molecule has 0 bridgehead atoms. The van der Waals surface area contributed by atoms with Crippen LogP contribution in [0.3, 0.4) is 0 Å². The Morgan fingerprint density at radius 3 is 2.55 bits per heavy atom. The van der Waals surface area contributed by atoms with Crippen molar-refractivity contribution in [3.8, 4) is 28.4 Å². The molecule has 0 aromatic heterocycles. The van der Waals surface area contributed by atoms with Crippen LogP contribution in [0.4, 0.5) is 0 Å². The molecule has 0 radical (unpaired) electrons. The lowest BCUT2D eigenvalue weighted by Crippen LogP contribution is -2.42. The summed E-state index contributed by atoms with van der Waals surface area (Å²) < 4.78 is 17.0. The summed E-state index contributed by atoms with van der Waals surface area (Å²) in [6.45, 7) is 0.580. The molecule has 29 heavy (non-hydrogen) atoms. The number of ether oxygens (including phenoxy) is 3. The van der Waals surface area contributed by atoms with Crippen molar-refractivity contribution in [2.45, 2.75) is 6.10 Å². The molecule has 0 saturated heterocycles. The van der Waals surface area contributed by atoms with Crippen LogP contribution in [0.25, 0.3) is 11.1 Å². The molecular weight excluding hydrogens is 390 g/mol. The predicted molar refractivity (Wildman–Crippen MR) is 112 cm³/mol. The van der Waals surface area contributed by atoms with Gasteiger partial charge >= 0.3 is 0 Å². The largest absolute Gasteiger partial charge is 0.486 e. The summed E-state index contributed by atoms with van der Waals surface area (Å²) in [5.74, 6) is 1.61. The molecule has 3 aromatic carbocycles. The number of rotatable bonds is 6. The monoisotopic (exact) mass is 409 g/mol. The van der Waals surface area contributed by atoms with Gasteiger partial charge in [0, 0.05) is 0 Å². The number of carbonyl (C=O) groups excluding carboxylic acids is 1. The van der Waals surface area contributed by atoms with Gasteiger partial charge in [0.05, 0.1) is 11.6 Å². The average molecular weight is 410 g/mol. The van der Waals surface area contributed by atoms with Crippen molar-refractivity contribution >= 4 is 17.5 Å². The minimum absolute atomic E-state index is 0.130. The van der Waals surface area contributed by atoms with Crippen LogP contribution in [0.15, 0.2) is 72.8 Å². The third-order valence-corrected chi connectivity index (χ3v) is 4.79. The Bertz CT molecular complexity index is 993. The molecule has 148 valence electrons. The first-order chi connectivity index (χ1) is 14.2. The molecule has 1 atom stereocenters. The molecule has 0 saturated carbocycles. The van der Waals surface area contributed by atoms with Crippen LogP contribution >= 0.6 is 11.6 Å². The zero-order valence-electron chi connectivity index (χ0n) is 15.6. The van der Waals surface area contributed by atoms with Gasteiger partial charge in [-0.05, 0) is 35.4 Å². The molecule has 4 rings (SSSR count). The molecule has 5 nitrogen and oxygen atoms in total. The fourth-order valence-corrected chi connectivity index (χ4v) is 3.25. The molecular formula is C23H20ClNO4. The number of hydrogen-bond acceptors (Lipinski definition) is 4. The second-order valence-electron chi connectivity index (χ2n) is 6.60. The smallest absolute Gasteiger partial charge is 0.258 e. The Morgan fingerprint density at radius 1 is 1.00 bits per heavy atom. The van der Waals surface area contributed by atoms with E-state index in [1.165, 1.54) is 0 Å². The number of benzene rings is 3. The quantitative estimate of drug-likeness (QED) is 0.658. The summed E-state index contributed by atoms with van der Waals surface area (Å²) in [6, 6.07) is 22.9. The molecule has 0 aliphatic carbocycles. The Hall–Kier alpha value is -3.18. The Morgan fingerprint density at radius 2 is 1.76 bits per heavy atom. The van der Waals surface area contributed by atoms with Gasteiger partial charge in [0.15, 0.2) is 18.1 Å². The Kier molecular flexibility index (Phi) is 5.86. The summed E-state index contributed by atoms with van der Waals surface area (Å²) in [7, 11) is 0. The molecule has 1 heterocycles. The predicted octanol–water partition coefficient (Wildman–Crippen LogP) is 4.34. The van der Waals surface area contributed by atoms with Crippen LogP contribution in [0.5, 0.6) is 17.2 Å². The molecule has 1 N–H and O–H groups in total. The van der Waals surface area contributed by atoms with Crippen molar-refractivity contribution in [1.29, 1.82) is 0 Å². The maximum atomic E-state index is 12.1. The zero-order chi connectivity index (χ0) is 20.1. The lowest BCUT2D eigenvalue weighted by atomic mass is 10.1. The number of amides is 1. The van der Waals surface area contributed by atoms with Gasteiger partial charge in [0.25, 0.3) is 5.91 Å². The van der Waals surface area contributed by atoms with Crippen molar-refractivity contribution in [3.05, 3.63) is 77.8 Å². The maximum Gasteiger partial charge on any atom is 0.258 e. The third kappa shape index (κ3) is 4.81. The first-order valence-corrected chi connectivity index (χ1v) is 9.70. The van der Waals surface area contributed by atoms with Gasteiger partial charge in [-0.1, -0.05) is 60.1 Å². The van der Waals surface area contributed by atoms with E-state index in [0.717, 1.165) is 11.1 Å². The summed E-state index contributed by atoms with van der Waals surface area (Å²) in [4.78, 5) is 12.1. The van der Waals surface area contributed by atoms with Crippen molar-refractivity contribution in [2.24, 2.45) is 0 Å². The molecule has 0 fully saturated rings. The number of para-hydroxylation sites is 2. The van der Waals surface area contributed by atoms with Crippen molar-refractivity contribution in [2.75, 3.05) is 19.8 Å². The fraction of sp³-hybridized carbons (Fsp3) is 0.174. The first kappa shape index (κ1) is 19.2. The number of hydrogen-bond donors (Lipinski definition) is 1. The number of nitrogens with one attached hydrogen (secondary N) is 1. The van der Waals surface area contributed by atoms with Crippen LogP contribution in [-0.4, -0.2) is 31.8 Å². The average Bonchev–Trinajstić information content (AvgIpc) is 2.77. The third-order valence-electron chi connectivity index (χ3n) is 4.49. The van der Waals surface area contributed by atoms with E-state index in [4.69, 9.17) is 25.8 Å². The van der Waals surface area contributed by atoms with Crippen LogP contribution in [0, 0.1) is 0 Å². The molecule has 1 amide bonds. The Labute approximate surface area is 174 Å². The highest BCUT2D eigenvalue weighted by molar-refractivity contribution is 6.32.